The van der Waals surface area contributed by atoms with E-state index in [0.29, 0.717) is 13.2 Å². The number of aryl methyl sites for hydroxylation is 2. The summed E-state index contributed by atoms with van der Waals surface area (Å²) in [6.45, 7) is 10.2. The maximum absolute atomic E-state index is 12.0. The Morgan fingerprint density at radius 1 is 1.35 bits per heavy atom. The second kappa shape index (κ2) is 9.03. The van der Waals surface area contributed by atoms with Gasteiger partial charge in [-0.05, 0) is 57.4 Å². The Labute approximate surface area is 126 Å². The Balaban J connectivity index is 2.35. The minimum absolute atomic E-state index is 0.0794. The second-order valence-corrected chi connectivity index (χ2v) is 6.26. The molecular weight excluding hydrogens is 270 g/mol. The SMILES string of the molecule is CCOCCCNC(=O)C(C)Sc1ccc(C)c(C)c1. The predicted molar refractivity (Wildman–Crippen MR) is 85.4 cm³/mol. The third-order valence-corrected chi connectivity index (χ3v) is 4.22. The zero-order valence-corrected chi connectivity index (χ0v) is 13.7. The van der Waals surface area contributed by atoms with E-state index < -0.39 is 0 Å². The molecule has 0 aliphatic heterocycles. The van der Waals surface area contributed by atoms with E-state index in [2.05, 4.69) is 37.4 Å². The summed E-state index contributed by atoms with van der Waals surface area (Å²) in [6.07, 6.45) is 0.862. The Hall–Kier alpha value is -1.00. The second-order valence-electron chi connectivity index (χ2n) is 4.85. The van der Waals surface area contributed by atoms with Gasteiger partial charge in [-0.1, -0.05) is 6.07 Å². The Morgan fingerprint density at radius 3 is 2.75 bits per heavy atom. The molecule has 1 N–H and O–H groups in total. The van der Waals surface area contributed by atoms with Crippen molar-refractivity contribution in [2.45, 2.75) is 44.3 Å². The Kier molecular flexibility index (Phi) is 7.70. The Morgan fingerprint density at radius 2 is 2.10 bits per heavy atom. The summed E-state index contributed by atoms with van der Waals surface area (Å²) < 4.78 is 5.24. The molecule has 0 bridgehead atoms. The van der Waals surface area contributed by atoms with Gasteiger partial charge in [-0.3, -0.25) is 4.79 Å². The quantitative estimate of drug-likeness (QED) is 0.590. The molecule has 3 nitrogen and oxygen atoms in total. The first-order valence-electron chi connectivity index (χ1n) is 7.14. The highest BCUT2D eigenvalue weighted by atomic mass is 32.2. The summed E-state index contributed by atoms with van der Waals surface area (Å²) in [5.41, 5.74) is 2.54. The van der Waals surface area contributed by atoms with Crippen molar-refractivity contribution in [3.05, 3.63) is 29.3 Å². The van der Waals surface area contributed by atoms with Crippen molar-refractivity contribution >= 4 is 17.7 Å². The van der Waals surface area contributed by atoms with Gasteiger partial charge in [0.1, 0.15) is 0 Å². The van der Waals surface area contributed by atoms with Gasteiger partial charge in [-0.2, -0.15) is 0 Å². The predicted octanol–water partition coefficient (Wildman–Crippen LogP) is 3.33. The molecule has 112 valence electrons. The van der Waals surface area contributed by atoms with Gasteiger partial charge >= 0.3 is 0 Å². The fourth-order valence-electron chi connectivity index (χ4n) is 1.72. The van der Waals surface area contributed by atoms with Crippen molar-refractivity contribution in [2.24, 2.45) is 0 Å². The van der Waals surface area contributed by atoms with Crippen molar-refractivity contribution in [3.63, 3.8) is 0 Å². The van der Waals surface area contributed by atoms with Gasteiger partial charge in [-0.25, -0.2) is 0 Å². The van der Waals surface area contributed by atoms with Crippen LogP contribution in [0, 0.1) is 13.8 Å². The molecule has 1 amide bonds. The van der Waals surface area contributed by atoms with Crippen LogP contribution in [0.2, 0.25) is 0 Å². The van der Waals surface area contributed by atoms with E-state index in [4.69, 9.17) is 4.74 Å². The number of hydrogen-bond donors (Lipinski definition) is 1. The van der Waals surface area contributed by atoms with Crippen molar-refractivity contribution in [3.8, 4) is 0 Å². The molecule has 1 rings (SSSR count). The molecule has 0 saturated carbocycles. The lowest BCUT2D eigenvalue weighted by Crippen LogP contribution is -2.32. The van der Waals surface area contributed by atoms with Gasteiger partial charge in [0, 0.05) is 24.7 Å². The van der Waals surface area contributed by atoms with Crippen LogP contribution in [0.4, 0.5) is 0 Å². The highest BCUT2D eigenvalue weighted by Gasteiger charge is 2.13. The number of carbonyl (C=O) groups is 1. The van der Waals surface area contributed by atoms with Gasteiger partial charge in [-0.15, -0.1) is 11.8 Å². The number of nitrogens with one attached hydrogen (secondary N) is 1. The largest absolute Gasteiger partial charge is 0.382 e. The van der Waals surface area contributed by atoms with Crippen LogP contribution in [0.1, 0.15) is 31.4 Å². The fraction of sp³-hybridized carbons (Fsp3) is 0.562. The topological polar surface area (TPSA) is 38.3 Å². The fourth-order valence-corrected chi connectivity index (χ4v) is 2.71. The lowest BCUT2D eigenvalue weighted by Gasteiger charge is -2.13. The highest BCUT2D eigenvalue weighted by molar-refractivity contribution is 8.00. The summed E-state index contributed by atoms with van der Waals surface area (Å²) in [7, 11) is 0. The smallest absolute Gasteiger partial charge is 0.233 e. The molecule has 0 fully saturated rings. The number of amides is 1. The third-order valence-electron chi connectivity index (χ3n) is 3.13. The van der Waals surface area contributed by atoms with Gasteiger partial charge in [0.2, 0.25) is 5.91 Å². The number of hydrogen-bond acceptors (Lipinski definition) is 3. The molecule has 0 aliphatic rings. The summed E-state index contributed by atoms with van der Waals surface area (Å²) in [6, 6.07) is 6.31. The molecule has 0 aliphatic carbocycles. The van der Waals surface area contributed by atoms with Crippen LogP contribution in [-0.4, -0.2) is 30.9 Å². The molecule has 1 aromatic carbocycles. The zero-order chi connectivity index (χ0) is 15.0. The van der Waals surface area contributed by atoms with Gasteiger partial charge in [0.25, 0.3) is 0 Å². The van der Waals surface area contributed by atoms with Crippen LogP contribution in [0.25, 0.3) is 0 Å². The van der Waals surface area contributed by atoms with Crippen LogP contribution < -0.4 is 5.32 Å². The first kappa shape index (κ1) is 17.1. The van der Waals surface area contributed by atoms with E-state index in [1.807, 2.05) is 13.8 Å². The van der Waals surface area contributed by atoms with E-state index in [9.17, 15) is 4.79 Å². The average Bonchev–Trinajstić information content (AvgIpc) is 2.42. The molecule has 1 atom stereocenters. The molecule has 0 saturated heterocycles. The maximum Gasteiger partial charge on any atom is 0.233 e. The molecule has 1 aromatic rings. The Bertz CT molecular complexity index is 434. The van der Waals surface area contributed by atoms with Gasteiger partial charge < -0.3 is 10.1 Å². The van der Waals surface area contributed by atoms with Gasteiger partial charge in [0.15, 0.2) is 0 Å². The molecule has 0 heterocycles. The van der Waals surface area contributed by atoms with Crippen LogP contribution in [-0.2, 0) is 9.53 Å². The van der Waals surface area contributed by atoms with E-state index in [-0.39, 0.29) is 11.2 Å². The number of rotatable bonds is 8. The third kappa shape index (κ3) is 5.97. The maximum atomic E-state index is 12.0. The van der Waals surface area contributed by atoms with Crippen LogP contribution >= 0.6 is 11.8 Å². The molecule has 0 spiro atoms. The number of ether oxygens (including phenoxy) is 1. The van der Waals surface area contributed by atoms with E-state index in [1.54, 1.807) is 11.8 Å². The number of carbonyl (C=O) groups excluding carboxylic acids is 1. The van der Waals surface area contributed by atoms with Crippen molar-refractivity contribution in [1.29, 1.82) is 0 Å². The van der Waals surface area contributed by atoms with Crippen molar-refractivity contribution in [1.82, 2.24) is 5.32 Å². The van der Waals surface area contributed by atoms with Crippen LogP contribution in [0.15, 0.2) is 23.1 Å². The number of benzene rings is 1. The van der Waals surface area contributed by atoms with Gasteiger partial charge in [0.05, 0.1) is 5.25 Å². The molecule has 4 heteroatoms. The van der Waals surface area contributed by atoms with E-state index in [1.165, 1.54) is 11.1 Å². The summed E-state index contributed by atoms with van der Waals surface area (Å²) in [5, 5.41) is 2.87. The monoisotopic (exact) mass is 295 g/mol. The summed E-state index contributed by atoms with van der Waals surface area (Å²) in [5.74, 6) is 0.0877. The zero-order valence-electron chi connectivity index (χ0n) is 12.9. The lowest BCUT2D eigenvalue weighted by molar-refractivity contribution is -0.120. The summed E-state index contributed by atoms with van der Waals surface area (Å²) in [4.78, 5) is 13.1. The minimum Gasteiger partial charge on any atom is -0.382 e. The van der Waals surface area contributed by atoms with E-state index >= 15 is 0 Å². The highest BCUT2D eigenvalue weighted by Crippen LogP contribution is 2.25. The summed E-state index contributed by atoms with van der Waals surface area (Å²) >= 11 is 1.60. The van der Waals surface area contributed by atoms with Crippen LogP contribution in [0.5, 0.6) is 0 Å². The van der Waals surface area contributed by atoms with E-state index in [0.717, 1.165) is 17.9 Å². The normalized spacial score (nSPS) is 12.2. The molecule has 0 aromatic heterocycles. The molecule has 1 unspecified atom stereocenters. The molecule has 20 heavy (non-hydrogen) atoms. The average molecular weight is 295 g/mol. The first-order chi connectivity index (χ1) is 9.54. The number of thioether (sulfide) groups is 1. The molecule has 0 radical (unpaired) electrons. The lowest BCUT2D eigenvalue weighted by atomic mass is 10.1. The van der Waals surface area contributed by atoms with Crippen molar-refractivity contribution < 1.29 is 9.53 Å². The van der Waals surface area contributed by atoms with Crippen LogP contribution in [0.3, 0.4) is 0 Å². The molecular formula is C16H25NO2S. The first-order valence-corrected chi connectivity index (χ1v) is 8.02. The minimum atomic E-state index is -0.0794. The van der Waals surface area contributed by atoms with Crippen molar-refractivity contribution in [2.75, 3.05) is 19.8 Å². The standard InChI is InChI=1S/C16H25NO2S/c1-5-19-10-6-9-17-16(18)14(4)20-15-8-7-12(2)13(3)11-15/h7-8,11,14H,5-6,9-10H2,1-4H3,(H,17,18).